The monoisotopic (exact) mass is 1390 g/mol. The van der Waals surface area contributed by atoms with Gasteiger partial charge in [0.15, 0.2) is 24.8 Å². The molecule has 0 spiro atoms. The Hall–Kier alpha value is -12.5. The molecule has 1 atom stereocenters. The van der Waals surface area contributed by atoms with Gasteiger partial charge in [-0.25, -0.2) is 18.3 Å². The summed E-state index contributed by atoms with van der Waals surface area (Å²) >= 11 is 0. The molecule has 8 heterocycles. The molecule has 0 amide bonds. The standard InChI is InChI=1S/C26H24NO.C25H22NO.C24H20NO.C23H18NO/c1-16(2)18-9-10-27(4)24(13-18)21-15-26-22(11-17(21)3)23-12-19-7-5-6-8-20(19)14-25(23)28-26;1-4-17-9-10-26(3)23(12-17)20-15-25-21(11-16(20)2)22-13-18-7-5-6-8-19(18)14-24(22)27-25;1-15-8-9-25(3)22(10-15)19-14-24-20(11-16(19)2)21-12-17-6-4-5-7-18(17)13-23(21)26-24;1-15-11-19-20-12-16-7-3-4-8-17(16)13-22(20)25-23(19)14-18(15)21-9-5-6-10-24(21)2/h5-16H,1-4H3;5-15H,4H2,1-3H3;4-14H,1-3H3;3-14H,1-2H3/q4*+1/i1D3,16D;4D2;;. The quantitative estimate of drug-likeness (QED) is 0.156. The molecule has 0 N–H and O–H groups in total. The Morgan fingerprint density at radius 2 is 0.604 bits per heavy atom. The maximum absolute atomic E-state index is 8.49. The van der Waals surface area contributed by atoms with E-state index in [4.69, 9.17) is 25.9 Å². The number of furan rings is 4. The zero-order valence-corrected chi connectivity index (χ0v) is 61.4. The van der Waals surface area contributed by atoms with Gasteiger partial charge in [-0.2, -0.15) is 0 Å². The Morgan fingerprint density at radius 1 is 0.311 bits per heavy atom. The van der Waals surface area contributed by atoms with Crippen LogP contribution in [0.4, 0.5) is 0 Å². The fourth-order valence-corrected chi connectivity index (χ4v) is 15.4. The maximum atomic E-state index is 8.49. The molecule has 8 nitrogen and oxygen atoms in total. The number of fused-ring (bicyclic) bond motifs is 16. The van der Waals surface area contributed by atoms with Crippen molar-refractivity contribution >= 4 is 131 Å². The fourth-order valence-electron chi connectivity index (χ4n) is 15.4. The van der Waals surface area contributed by atoms with Gasteiger partial charge in [0, 0.05) is 99.8 Å². The van der Waals surface area contributed by atoms with E-state index in [1.54, 1.807) is 13.0 Å². The normalized spacial score (nSPS) is 13.3. The lowest BCUT2D eigenvalue weighted by Gasteiger charge is -2.09. The highest BCUT2D eigenvalue weighted by Gasteiger charge is 2.23. The summed E-state index contributed by atoms with van der Waals surface area (Å²) in [6.07, 6.45) is 6.53. The Kier molecular flexibility index (Phi) is 15.2. The summed E-state index contributed by atoms with van der Waals surface area (Å²) in [4.78, 5) is 0. The minimum absolute atomic E-state index is 0.459. The molecule has 20 rings (SSSR count). The van der Waals surface area contributed by atoms with E-state index in [-0.39, 0.29) is 0 Å². The van der Waals surface area contributed by atoms with Gasteiger partial charge < -0.3 is 17.7 Å². The average Bonchev–Trinajstić information content (AvgIpc) is 1.66. The topological polar surface area (TPSA) is 68.1 Å². The van der Waals surface area contributed by atoms with Crippen molar-refractivity contribution in [3.63, 3.8) is 0 Å². The first-order valence-electron chi connectivity index (χ1n) is 39.0. The summed E-state index contributed by atoms with van der Waals surface area (Å²) in [6, 6.07) is 85.9. The summed E-state index contributed by atoms with van der Waals surface area (Å²) in [5.74, 6) is -1.70. The molecule has 8 heteroatoms. The first-order chi connectivity index (χ1) is 53.7. The van der Waals surface area contributed by atoms with Crippen molar-refractivity contribution in [3.8, 4) is 45.0 Å². The van der Waals surface area contributed by atoms with Crippen LogP contribution in [-0.4, -0.2) is 0 Å². The van der Waals surface area contributed by atoms with E-state index in [1.165, 1.54) is 105 Å². The zero-order chi connectivity index (χ0) is 78.0. The van der Waals surface area contributed by atoms with Crippen LogP contribution in [0, 0.1) is 34.6 Å². The molecule has 0 saturated heterocycles. The first kappa shape index (κ1) is 60.0. The van der Waals surface area contributed by atoms with Gasteiger partial charge in [-0.05, 0) is 232 Å². The number of rotatable bonds is 6. The largest absolute Gasteiger partial charge is 0.456 e. The molecule has 1 unspecified atom stereocenters. The number of pyridine rings is 4. The van der Waals surface area contributed by atoms with Gasteiger partial charge in [-0.3, -0.25) is 0 Å². The Morgan fingerprint density at radius 3 is 0.962 bits per heavy atom. The van der Waals surface area contributed by atoms with Crippen molar-refractivity contribution in [2.45, 2.75) is 67.6 Å². The van der Waals surface area contributed by atoms with E-state index in [1.807, 2.05) is 91.1 Å². The van der Waals surface area contributed by atoms with E-state index >= 15 is 0 Å². The van der Waals surface area contributed by atoms with E-state index in [0.717, 1.165) is 105 Å². The van der Waals surface area contributed by atoms with E-state index in [0.29, 0.717) is 11.1 Å². The molecular formula is C98H84N4O4+4. The second-order valence-corrected chi connectivity index (χ2v) is 28.4. The van der Waals surface area contributed by atoms with Crippen LogP contribution >= 0.6 is 0 Å². The molecule has 0 fully saturated rings. The summed E-state index contributed by atoms with van der Waals surface area (Å²) in [5.41, 5.74) is 22.9. The van der Waals surface area contributed by atoms with Crippen molar-refractivity contribution in [3.05, 3.63) is 312 Å². The predicted molar refractivity (Wildman–Crippen MR) is 439 cm³/mol. The third-order valence-corrected chi connectivity index (χ3v) is 21.2. The molecule has 516 valence electrons. The first-order valence-corrected chi connectivity index (χ1v) is 36.0. The van der Waals surface area contributed by atoms with Crippen molar-refractivity contribution in [2.24, 2.45) is 28.2 Å². The third-order valence-electron chi connectivity index (χ3n) is 21.2. The van der Waals surface area contributed by atoms with E-state index in [2.05, 4.69) is 257 Å². The molecule has 106 heavy (non-hydrogen) atoms. The van der Waals surface area contributed by atoms with Crippen LogP contribution in [0.3, 0.4) is 0 Å². The molecule has 12 aromatic carbocycles. The third kappa shape index (κ3) is 12.2. The lowest BCUT2D eigenvalue weighted by atomic mass is 9.97. The second kappa shape index (κ2) is 26.9. The summed E-state index contributed by atoms with van der Waals surface area (Å²) in [7, 11) is 8.07. The minimum atomic E-state index is -2.43. The van der Waals surface area contributed by atoms with Gasteiger partial charge in [0.1, 0.15) is 72.9 Å². The highest BCUT2D eigenvalue weighted by Crippen LogP contribution is 2.41. The van der Waals surface area contributed by atoms with Crippen LogP contribution in [0.15, 0.2) is 291 Å². The lowest BCUT2D eigenvalue weighted by molar-refractivity contribution is -0.660. The molecule has 0 saturated carbocycles. The molecular weight excluding hydrogens is 1300 g/mol. The highest BCUT2D eigenvalue weighted by atomic mass is 16.3. The van der Waals surface area contributed by atoms with Gasteiger partial charge in [-0.1, -0.05) is 118 Å². The Labute approximate surface area is 624 Å². The molecule has 8 aromatic heterocycles. The number of hydrogen-bond donors (Lipinski definition) is 0. The van der Waals surface area contributed by atoms with Crippen molar-refractivity contribution in [1.82, 2.24) is 0 Å². The van der Waals surface area contributed by atoms with Crippen LogP contribution in [0.25, 0.3) is 176 Å². The molecule has 20 aromatic rings. The summed E-state index contributed by atoms with van der Waals surface area (Å²) in [6.45, 7) is 11.2. The number of nitrogens with zero attached hydrogens (tertiary/aromatic N) is 4. The molecule has 0 radical (unpaired) electrons. The molecule has 0 bridgehead atoms. The van der Waals surface area contributed by atoms with Crippen LogP contribution in [0.2, 0.25) is 0 Å². The fraction of sp³-hybridized carbons (Fsp3) is 0.143. The van der Waals surface area contributed by atoms with Crippen LogP contribution in [-0.2, 0) is 34.6 Å². The van der Waals surface area contributed by atoms with Gasteiger partial charge in [-0.15, -0.1) is 0 Å². The Bertz CT molecular complexity index is 7220. The number of benzene rings is 12. The van der Waals surface area contributed by atoms with Crippen molar-refractivity contribution in [1.29, 1.82) is 0 Å². The van der Waals surface area contributed by atoms with Crippen molar-refractivity contribution < 1.29 is 44.2 Å². The molecule has 0 aliphatic heterocycles. The van der Waals surface area contributed by atoms with Gasteiger partial charge >= 0.3 is 0 Å². The predicted octanol–water partition coefficient (Wildman–Crippen LogP) is 24.2. The second-order valence-electron chi connectivity index (χ2n) is 28.4. The van der Waals surface area contributed by atoms with Crippen LogP contribution in [0.5, 0.6) is 0 Å². The van der Waals surface area contributed by atoms with Crippen LogP contribution in [0.1, 0.15) is 73.8 Å². The maximum Gasteiger partial charge on any atom is 0.212 e. The number of aromatic nitrogens is 4. The Balaban J connectivity index is 0.000000109. The summed E-state index contributed by atoms with van der Waals surface area (Å²) < 4.78 is 81.2. The zero-order valence-electron chi connectivity index (χ0n) is 67.4. The van der Waals surface area contributed by atoms with Crippen LogP contribution < -0.4 is 18.3 Å². The number of hydrogen-bond acceptors (Lipinski definition) is 4. The van der Waals surface area contributed by atoms with Gasteiger partial charge in [0.25, 0.3) is 0 Å². The average molecular weight is 1390 g/mol. The lowest BCUT2D eigenvalue weighted by Crippen LogP contribution is -2.30. The van der Waals surface area contributed by atoms with Crippen molar-refractivity contribution in [2.75, 3.05) is 0 Å². The van der Waals surface area contributed by atoms with Gasteiger partial charge in [0.2, 0.25) is 22.8 Å². The van der Waals surface area contributed by atoms with E-state index < -0.39 is 19.1 Å². The minimum Gasteiger partial charge on any atom is -0.456 e. The van der Waals surface area contributed by atoms with E-state index in [9.17, 15) is 0 Å². The summed E-state index contributed by atoms with van der Waals surface area (Å²) in [5, 5.41) is 18.7. The highest BCUT2D eigenvalue weighted by molar-refractivity contribution is 6.15. The molecule has 0 aliphatic rings. The van der Waals surface area contributed by atoms with Gasteiger partial charge in [0.05, 0.1) is 22.3 Å². The molecule has 0 aliphatic carbocycles. The smallest absolute Gasteiger partial charge is 0.212 e. The number of aryl methyl sites for hydroxylation is 10. The SMILES string of the molecule is Cc1cc2c(cc1-c1cccc[n+]1C)oc1cc3ccccc3cc12.Cc1cc[n+](C)c(-c2cc3oc4cc5ccccc5cc4c3cc2C)c1.[2H]C([2H])(C)c1cc[n+](C)c(-c2cc3oc4cc5ccccc5cc4c3cc2C)c1.[2H]C([2H])([2H])C([2H])(C)c1cc[n+](C)c(-c2cc3oc4cc5ccccc5cc4c3cc2C)c1.